The monoisotopic (exact) mass is 473 g/mol. The molecule has 3 heterocycles. The summed E-state index contributed by atoms with van der Waals surface area (Å²) in [6.45, 7) is 2.07. The maximum Gasteiger partial charge on any atom is 0.373 e. The molecule has 2 aliphatic rings. The molecule has 2 aliphatic heterocycles. The van der Waals surface area contributed by atoms with Crippen molar-refractivity contribution >= 4 is 46.3 Å². The van der Waals surface area contributed by atoms with Gasteiger partial charge in [0.05, 0.1) is 36.7 Å². The predicted octanol–water partition coefficient (Wildman–Crippen LogP) is 3.05. The summed E-state index contributed by atoms with van der Waals surface area (Å²) in [5.41, 5.74) is 1.05. The minimum Gasteiger partial charge on any atom is -0.463 e. The van der Waals surface area contributed by atoms with E-state index in [0.717, 1.165) is 16.7 Å². The molecular weight excluding hydrogens is 454 g/mol. The summed E-state index contributed by atoms with van der Waals surface area (Å²) in [7, 11) is 1.21. The van der Waals surface area contributed by atoms with Gasteiger partial charge in [0.15, 0.2) is 0 Å². The van der Waals surface area contributed by atoms with Gasteiger partial charge in [-0.05, 0) is 36.0 Å². The van der Waals surface area contributed by atoms with Crippen LogP contribution in [0.25, 0.3) is 6.08 Å². The van der Waals surface area contributed by atoms with Crippen molar-refractivity contribution < 1.29 is 33.2 Å². The van der Waals surface area contributed by atoms with Gasteiger partial charge < -0.3 is 18.8 Å². The second-order valence-corrected chi connectivity index (χ2v) is 8.12. The van der Waals surface area contributed by atoms with E-state index in [4.69, 9.17) is 9.15 Å². The van der Waals surface area contributed by atoms with Gasteiger partial charge in [0.2, 0.25) is 5.76 Å². The molecule has 172 valence electrons. The van der Waals surface area contributed by atoms with Crippen molar-refractivity contribution in [2.24, 2.45) is 0 Å². The van der Waals surface area contributed by atoms with Crippen molar-refractivity contribution in [1.29, 1.82) is 0 Å². The summed E-state index contributed by atoms with van der Waals surface area (Å²) >= 11 is 0.735. The largest absolute Gasteiger partial charge is 0.463 e. The molecule has 0 aliphatic carbocycles. The van der Waals surface area contributed by atoms with Gasteiger partial charge in [0.25, 0.3) is 16.8 Å². The highest BCUT2D eigenvalue weighted by Gasteiger charge is 2.36. The molecule has 0 bridgehead atoms. The molecule has 1 aromatic heterocycles. The molecule has 0 N–H and O–H groups in total. The van der Waals surface area contributed by atoms with E-state index in [1.165, 1.54) is 37.5 Å². The Bertz CT molecular complexity index is 1150. The van der Waals surface area contributed by atoms with Gasteiger partial charge in [-0.1, -0.05) is 0 Å². The molecule has 4 rings (SSSR count). The topological polar surface area (TPSA) is 132 Å². The second kappa shape index (κ2) is 9.46. The maximum atomic E-state index is 12.9. The number of hydrogen-bond acceptors (Lipinski definition) is 10. The van der Waals surface area contributed by atoms with Crippen molar-refractivity contribution in [3.8, 4) is 0 Å². The second-order valence-electron chi connectivity index (χ2n) is 7.13. The van der Waals surface area contributed by atoms with Gasteiger partial charge in [-0.25, -0.2) is 4.79 Å². The number of amides is 2. The minimum atomic E-state index is -0.670. The molecule has 0 spiro atoms. The molecule has 2 aromatic rings. The number of methoxy groups -OCH3 is 1. The third-order valence-corrected chi connectivity index (χ3v) is 6.00. The zero-order valence-electron chi connectivity index (χ0n) is 17.5. The fourth-order valence-corrected chi connectivity index (χ4v) is 4.30. The Kier molecular flexibility index (Phi) is 6.47. The Morgan fingerprint density at radius 3 is 2.70 bits per heavy atom. The number of imide groups is 1. The Hall–Kier alpha value is -3.64. The number of rotatable bonds is 6. The highest BCUT2D eigenvalue weighted by atomic mass is 32.2. The lowest BCUT2D eigenvalue weighted by molar-refractivity contribution is -0.384. The van der Waals surface area contributed by atoms with Crippen molar-refractivity contribution in [2.45, 2.75) is 6.54 Å². The first-order valence-electron chi connectivity index (χ1n) is 9.91. The number of nitro groups is 1. The normalized spacial score (nSPS) is 17.7. The van der Waals surface area contributed by atoms with Gasteiger partial charge >= 0.3 is 5.97 Å². The van der Waals surface area contributed by atoms with Crippen molar-refractivity contribution in [2.75, 3.05) is 38.3 Å². The van der Waals surface area contributed by atoms with Crippen molar-refractivity contribution in [3.63, 3.8) is 0 Å². The smallest absolute Gasteiger partial charge is 0.373 e. The fourth-order valence-electron chi connectivity index (χ4n) is 3.47. The van der Waals surface area contributed by atoms with Crippen LogP contribution in [0.5, 0.6) is 0 Å². The molecule has 0 unspecified atom stereocenters. The maximum absolute atomic E-state index is 12.9. The van der Waals surface area contributed by atoms with E-state index in [9.17, 15) is 24.5 Å². The number of nitrogens with zero attached hydrogens (tertiary/aromatic N) is 3. The fraction of sp³-hybridized carbons (Fsp3) is 0.286. The Labute approximate surface area is 192 Å². The number of carbonyl (C=O) groups is 3. The third kappa shape index (κ3) is 4.76. The summed E-state index contributed by atoms with van der Waals surface area (Å²) in [6.07, 6.45) is 1.49. The van der Waals surface area contributed by atoms with E-state index in [2.05, 4.69) is 4.74 Å². The molecule has 2 fully saturated rings. The highest BCUT2D eigenvalue weighted by molar-refractivity contribution is 8.18. The van der Waals surface area contributed by atoms with E-state index in [0.29, 0.717) is 37.6 Å². The van der Waals surface area contributed by atoms with E-state index >= 15 is 0 Å². The summed E-state index contributed by atoms with van der Waals surface area (Å²) in [4.78, 5) is 50.9. The van der Waals surface area contributed by atoms with Crippen LogP contribution in [0.2, 0.25) is 0 Å². The summed E-state index contributed by atoms with van der Waals surface area (Å²) in [6, 6.07) is 7.30. The van der Waals surface area contributed by atoms with Gasteiger partial charge in [0.1, 0.15) is 5.76 Å². The van der Waals surface area contributed by atoms with Crippen LogP contribution in [0.15, 0.2) is 39.7 Å². The molecule has 11 nitrogen and oxygen atoms in total. The third-order valence-electron chi connectivity index (χ3n) is 5.10. The zero-order valence-corrected chi connectivity index (χ0v) is 18.3. The Morgan fingerprint density at radius 2 is 2.00 bits per heavy atom. The highest BCUT2D eigenvalue weighted by Crippen LogP contribution is 2.36. The standard InChI is InChI=1S/C21H19N3O8S/c1-30-20(26)17-5-3-15(32-17)12-23-19(25)18(33-21(23)27)11-13-10-14(24(28)29)2-4-16(13)22-6-8-31-9-7-22/h2-5,10-11H,6-9,12H2,1H3/b18-11-. The minimum absolute atomic E-state index is 0.0400. The molecule has 0 radical (unpaired) electrons. The number of benzene rings is 1. The molecule has 12 heteroatoms. The van der Waals surface area contributed by atoms with Crippen LogP contribution in [0.4, 0.5) is 16.2 Å². The van der Waals surface area contributed by atoms with E-state index in [-0.39, 0.29) is 28.7 Å². The Balaban J connectivity index is 1.61. The van der Waals surface area contributed by atoms with Gasteiger partial charge in [-0.2, -0.15) is 0 Å². The van der Waals surface area contributed by atoms with Crippen LogP contribution in [-0.2, 0) is 20.8 Å². The van der Waals surface area contributed by atoms with Crippen LogP contribution >= 0.6 is 11.8 Å². The van der Waals surface area contributed by atoms with E-state index < -0.39 is 22.0 Å². The van der Waals surface area contributed by atoms with Gasteiger partial charge in [-0.3, -0.25) is 24.6 Å². The summed E-state index contributed by atoms with van der Waals surface area (Å²) in [5.74, 6) is -1.03. The Morgan fingerprint density at radius 1 is 1.24 bits per heavy atom. The number of esters is 1. The lowest BCUT2D eigenvalue weighted by Gasteiger charge is -2.30. The average Bonchev–Trinajstić information content (AvgIpc) is 3.39. The number of carbonyl (C=O) groups excluding carboxylic acids is 3. The van der Waals surface area contributed by atoms with Gasteiger partial charge in [-0.15, -0.1) is 0 Å². The molecule has 2 amide bonds. The number of furan rings is 1. The molecule has 0 atom stereocenters. The van der Waals surface area contributed by atoms with E-state index in [1.54, 1.807) is 6.07 Å². The number of morpholine rings is 1. The summed E-state index contributed by atoms with van der Waals surface area (Å²) < 4.78 is 15.3. The number of thioether (sulfide) groups is 1. The molecule has 1 aromatic carbocycles. The van der Waals surface area contributed by atoms with Crippen molar-refractivity contribution in [3.05, 3.63) is 62.4 Å². The lowest BCUT2D eigenvalue weighted by atomic mass is 10.1. The average molecular weight is 473 g/mol. The van der Waals surface area contributed by atoms with Gasteiger partial charge in [0, 0.05) is 36.5 Å². The van der Waals surface area contributed by atoms with Crippen LogP contribution in [0.1, 0.15) is 21.9 Å². The lowest BCUT2D eigenvalue weighted by Crippen LogP contribution is -2.36. The van der Waals surface area contributed by atoms with E-state index in [1.807, 2.05) is 4.90 Å². The summed E-state index contributed by atoms with van der Waals surface area (Å²) in [5, 5.41) is 10.8. The quantitative estimate of drug-likeness (QED) is 0.267. The van der Waals surface area contributed by atoms with Crippen LogP contribution in [-0.4, -0.2) is 60.4 Å². The van der Waals surface area contributed by atoms with Crippen LogP contribution in [0, 0.1) is 10.1 Å². The first-order chi connectivity index (χ1) is 15.9. The SMILES string of the molecule is COC(=O)c1ccc(CN2C(=O)S/C(=C\c3cc([N+](=O)[O-])ccc3N3CCOCC3)C2=O)o1. The first kappa shape index (κ1) is 22.6. The van der Waals surface area contributed by atoms with Crippen LogP contribution < -0.4 is 4.90 Å². The number of hydrogen-bond donors (Lipinski definition) is 0. The number of anilines is 1. The predicted molar refractivity (Wildman–Crippen MR) is 118 cm³/mol. The first-order valence-corrected chi connectivity index (χ1v) is 10.7. The van der Waals surface area contributed by atoms with Crippen LogP contribution in [0.3, 0.4) is 0 Å². The molecule has 0 saturated carbocycles. The zero-order chi connectivity index (χ0) is 23.5. The number of nitro benzene ring substituents is 1. The van der Waals surface area contributed by atoms with Crippen molar-refractivity contribution in [1.82, 2.24) is 4.90 Å². The number of non-ortho nitro benzene ring substituents is 1. The molecule has 33 heavy (non-hydrogen) atoms. The molecular formula is C21H19N3O8S. The number of ether oxygens (including phenoxy) is 2. The molecule has 2 saturated heterocycles.